The predicted molar refractivity (Wildman–Crippen MR) is 149 cm³/mol. The average Bonchev–Trinajstić information content (AvgIpc) is 3.41. The molecule has 0 saturated carbocycles. The molecule has 39 heavy (non-hydrogen) atoms. The number of carbonyl (C=O) groups excluding carboxylic acids is 2. The molecule has 1 atom stereocenters. The number of carbonyl (C=O) groups is 2. The number of amides is 2. The minimum Gasteiger partial charge on any atom is -0.494 e. The number of halogens is 1. The molecule has 8 nitrogen and oxygen atoms in total. The van der Waals surface area contributed by atoms with Gasteiger partial charge < -0.3 is 19.5 Å². The van der Waals surface area contributed by atoms with Gasteiger partial charge in [0.25, 0.3) is 0 Å². The molecule has 3 aromatic rings. The van der Waals surface area contributed by atoms with Gasteiger partial charge in [-0.2, -0.15) is 0 Å². The Morgan fingerprint density at radius 2 is 1.87 bits per heavy atom. The Morgan fingerprint density at radius 1 is 1.10 bits per heavy atom. The molecule has 0 bridgehead atoms. The standard InChI is InChI=1S/C29H28FN3O5S/c1-2-15-36-23-10-6-21(7-11-23)32-28(35)26-17-27(34)33(22-8-4-20(30)5-9-22)29(39-26)31-14-13-19-3-12-24-25(16-19)38-18-37-24/h3-12,16,26H,2,13-15,17-18H2,1H3,(H,32,35)/t26-/m0/s1. The monoisotopic (exact) mass is 549 g/mol. The van der Waals surface area contributed by atoms with Crippen LogP contribution in [-0.4, -0.2) is 42.2 Å². The summed E-state index contributed by atoms with van der Waals surface area (Å²) in [6, 6.07) is 18.5. The predicted octanol–water partition coefficient (Wildman–Crippen LogP) is 5.42. The van der Waals surface area contributed by atoms with Crippen molar-refractivity contribution < 1.29 is 28.2 Å². The summed E-state index contributed by atoms with van der Waals surface area (Å²) in [5, 5.41) is 2.61. The van der Waals surface area contributed by atoms with Crippen LogP contribution in [0.5, 0.6) is 17.2 Å². The van der Waals surface area contributed by atoms with Gasteiger partial charge in [-0.1, -0.05) is 24.8 Å². The first kappa shape index (κ1) is 26.6. The summed E-state index contributed by atoms with van der Waals surface area (Å²) >= 11 is 1.22. The lowest BCUT2D eigenvalue weighted by Crippen LogP contribution is -2.45. The fraction of sp³-hybridized carbons (Fsp3) is 0.276. The highest BCUT2D eigenvalue weighted by molar-refractivity contribution is 8.15. The molecule has 5 rings (SSSR count). The van der Waals surface area contributed by atoms with Crippen LogP contribution in [0.4, 0.5) is 15.8 Å². The summed E-state index contributed by atoms with van der Waals surface area (Å²) in [4.78, 5) is 32.6. The number of nitrogens with one attached hydrogen (secondary N) is 1. The zero-order chi connectivity index (χ0) is 27.2. The van der Waals surface area contributed by atoms with E-state index in [-0.39, 0.29) is 25.0 Å². The van der Waals surface area contributed by atoms with E-state index in [2.05, 4.69) is 5.32 Å². The second-order valence-electron chi connectivity index (χ2n) is 8.98. The van der Waals surface area contributed by atoms with Crippen molar-refractivity contribution in [3.05, 3.63) is 78.1 Å². The van der Waals surface area contributed by atoms with Gasteiger partial charge in [0.15, 0.2) is 16.7 Å². The molecule has 1 N–H and O–H groups in total. The van der Waals surface area contributed by atoms with Crippen molar-refractivity contribution in [2.45, 2.75) is 31.4 Å². The highest BCUT2D eigenvalue weighted by Gasteiger charge is 2.36. The van der Waals surface area contributed by atoms with Crippen molar-refractivity contribution in [1.29, 1.82) is 0 Å². The molecule has 0 aromatic heterocycles. The molecule has 202 valence electrons. The number of hydrogen-bond acceptors (Lipinski definition) is 7. The smallest absolute Gasteiger partial charge is 0.238 e. The van der Waals surface area contributed by atoms with E-state index in [1.165, 1.54) is 40.9 Å². The topological polar surface area (TPSA) is 89.5 Å². The molecule has 10 heteroatoms. The van der Waals surface area contributed by atoms with Crippen LogP contribution in [0, 0.1) is 5.82 Å². The molecule has 3 aromatic carbocycles. The molecule has 1 saturated heterocycles. The van der Waals surface area contributed by atoms with Gasteiger partial charge in [0, 0.05) is 18.7 Å². The molecule has 2 amide bonds. The number of nitrogens with zero attached hydrogens (tertiary/aromatic N) is 2. The maximum Gasteiger partial charge on any atom is 0.238 e. The van der Waals surface area contributed by atoms with E-state index >= 15 is 0 Å². The molecule has 0 aliphatic carbocycles. The van der Waals surface area contributed by atoms with Crippen molar-refractivity contribution in [3.63, 3.8) is 0 Å². The third-order valence-corrected chi connectivity index (χ3v) is 7.29. The Kier molecular flexibility index (Phi) is 8.31. The Bertz CT molecular complexity index is 1360. The van der Waals surface area contributed by atoms with Crippen molar-refractivity contribution in [3.8, 4) is 17.2 Å². The molecule has 1 fully saturated rings. The largest absolute Gasteiger partial charge is 0.494 e. The first-order valence-corrected chi connectivity index (χ1v) is 13.6. The molecule has 2 aliphatic rings. The van der Waals surface area contributed by atoms with E-state index in [1.54, 1.807) is 24.3 Å². The lowest BCUT2D eigenvalue weighted by Gasteiger charge is -2.32. The van der Waals surface area contributed by atoms with Crippen molar-refractivity contribution in [2.24, 2.45) is 4.99 Å². The van der Waals surface area contributed by atoms with Crippen LogP contribution in [0.25, 0.3) is 0 Å². The summed E-state index contributed by atoms with van der Waals surface area (Å²) in [5.41, 5.74) is 2.11. The first-order chi connectivity index (χ1) is 19.0. The van der Waals surface area contributed by atoms with Crippen LogP contribution in [0.1, 0.15) is 25.3 Å². The highest BCUT2D eigenvalue weighted by Crippen LogP contribution is 2.34. The van der Waals surface area contributed by atoms with Gasteiger partial charge in [-0.25, -0.2) is 4.39 Å². The van der Waals surface area contributed by atoms with Crippen molar-refractivity contribution >= 4 is 40.1 Å². The minimum absolute atomic E-state index is 0.0211. The number of anilines is 2. The number of thioether (sulfide) groups is 1. The van der Waals surface area contributed by atoms with E-state index in [9.17, 15) is 14.0 Å². The highest BCUT2D eigenvalue weighted by atomic mass is 32.2. The Labute approximate surface area is 230 Å². The minimum atomic E-state index is -0.672. The fourth-order valence-corrected chi connectivity index (χ4v) is 5.26. The van der Waals surface area contributed by atoms with Gasteiger partial charge in [0.2, 0.25) is 18.6 Å². The van der Waals surface area contributed by atoms with Crippen LogP contribution in [0.2, 0.25) is 0 Å². The molecule has 0 unspecified atom stereocenters. The third-order valence-electron chi connectivity index (χ3n) is 6.10. The lowest BCUT2D eigenvalue weighted by atomic mass is 10.1. The van der Waals surface area contributed by atoms with Crippen molar-refractivity contribution in [1.82, 2.24) is 0 Å². The number of ether oxygens (including phenoxy) is 3. The summed E-state index contributed by atoms with van der Waals surface area (Å²) < 4.78 is 30.0. The summed E-state index contributed by atoms with van der Waals surface area (Å²) in [5.74, 6) is 1.14. The van der Waals surface area contributed by atoms with E-state index in [1.807, 2.05) is 25.1 Å². The van der Waals surface area contributed by atoms with Crippen LogP contribution in [0.15, 0.2) is 71.7 Å². The second-order valence-corrected chi connectivity index (χ2v) is 10.2. The Morgan fingerprint density at radius 3 is 2.64 bits per heavy atom. The van der Waals surface area contributed by atoms with Gasteiger partial charge in [-0.3, -0.25) is 19.5 Å². The number of hydrogen-bond donors (Lipinski definition) is 1. The van der Waals surface area contributed by atoms with Gasteiger partial charge in [0.05, 0.1) is 12.3 Å². The third kappa shape index (κ3) is 6.51. The van der Waals surface area contributed by atoms with Crippen LogP contribution < -0.4 is 24.4 Å². The molecular formula is C29H28FN3O5S. The second kappa shape index (κ2) is 12.2. The summed E-state index contributed by atoms with van der Waals surface area (Å²) in [7, 11) is 0. The Balaban J connectivity index is 1.31. The number of aliphatic imine (C=N–C) groups is 1. The zero-order valence-corrected chi connectivity index (χ0v) is 22.2. The summed E-state index contributed by atoms with van der Waals surface area (Å²) in [6.07, 6.45) is 1.48. The van der Waals surface area contributed by atoms with E-state index in [4.69, 9.17) is 19.2 Å². The van der Waals surface area contributed by atoms with Crippen LogP contribution in [-0.2, 0) is 16.0 Å². The van der Waals surface area contributed by atoms with Gasteiger partial charge >= 0.3 is 0 Å². The number of amidine groups is 1. The molecule has 0 spiro atoms. The van der Waals surface area contributed by atoms with E-state index in [0.717, 1.165) is 17.7 Å². The Hall–Kier alpha value is -4.05. The van der Waals surface area contributed by atoms with Crippen LogP contribution >= 0.6 is 11.8 Å². The molecule has 2 heterocycles. The van der Waals surface area contributed by atoms with Crippen LogP contribution in [0.3, 0.4) is 0 Å². The van der Waals surface area contributed by atoms with E-state index < -0.39 is 11.1 Å². The SMILES string of the molecule is CCCOc1ccc(NC(=O)[C@@H]2CC(=O)N(c3ccc(F)cc3)C(=NCCc3ccc4c(c3)OCO4)S2)cc1. The maximum absolute atomic E-state index is 13.6. The van der Waals surface area contributed by atoms with Gasteiger partial charge in [-0.05, 0) is 79.1 Å². The fourth-order valence-electron chi connectivity index (χ4n) is 4.13. The first-order valence-electron chi connectivity index (χ1n) is 12.7. The number of benzene rings is 3. The number of fused-ring (bicyclic) bond motifs is 1. The van der Waals surface area contributed by atoms with E-state index in [0.29, 0.717) is 47.6 Å². The molecule has 0 radical (unpaired) electrons. The summed E-state index contributed by atoms with van der Waals surface area (Å²) in [6.45, 7) is 3.23. The quantitative estimate of drug-likeness (QED) is 0.384. The van der Waals surface area contributed by atoms with Gasteiger partial charge in [-0.15, -0.1) is 0 Å². The molecule has 2 aliphatic heterocycles. The average molecular weight is 550 g/mol. The normalized spacial score (nSPS) is 17.4. The van der Waals surface area contributed by atoms with Crippen molar-refractivity contribution in [2.75, 3.05) is 30.2 Å². The van der Waals surface area contributed by atoms with Gasteiger partial charge in [0.1, 0.15) is 16.8 Å². The maximum atomic E-state index is 13.6. The molecular weight excluding hydrogens is 521 g/mol. The zero-order valence-electron chi connectivity index (χ0n) is 21.4. The number of rotatable bonds is 9. The lowest BCUT2D eigenvalue weighted by molar-refractivity contribution is -0.121.